The molecule has 1 atom stereocenters. The molecule has 0 aromatic carbocycles. The molecule has 0 radical (unpaired) electrons. The first-order valence-corrected chi connectivity index (χ1v) is 9.64. The highest BCUT2D eigenvalue weighted by Crippen LogP contribution is 2.29. The first-order valence-electron chi connectivity index (χ1n) is 9.64. The van der Waals surface area contributed by atoms with Crippen molar-refractivity contribution in [2.45, 2.75) is 57.1 Å². The van der Waals surface area contributed by atoms with E-state index in [-0.39, 0.29) is 5.91 Å². The lowest BCUT2D eigenvalue weighted by Crippen LogP contribution is -2.58. The van der Waals surface area contributed by atoms with Crippen LogP contribution >= 0.6 is 0 Å². The minimum Gasteiger partial charge on any atom is -0.379 e. The van der Waals surface area contributed by atoms with Crippen LogP contribution in [0.25, 0.3) is 0 Å². The van der Waals surface area contributed by atoms with E-state index in [4.69, 9.17) is 0 Å². The fourth-order valence-corrected chi connectivity index (χ4v) is 4.44. The number of hydrogen-bond acceptors (Lipinski definition) is 4. The zero-order chi connectivity index (χ0) is 17.9. The van der Waals surface area contributed by atoms with Crippen molar-refractivity contribution in [2.24, 2.45) is 13.0 Å². The van der Waals surface area contributed by atoms with Gasteiger partial charge in [-0.15, -0.1) is 0 Å². The topological polar surface area (TPSA) is 61.6 Å². The van der Waals surface area contributed by atoms with Gasteiger partial charge < -0.3 is 10.0 Å². The smallest absolute Gasteiger partial charge is 0.255 e. The summed E-state index contributed by atoms with van der Waals surface area (Å²) in [5.41, 5.74) is -0.153. The van der Waals surface area contributed by atoms with Crippen LogP contribution < -0.4 is 0 Å². The molecule has 0 spiro atoms. The molecule has 0 unspecified atom stereocenters. The Kier molecular flexibility index (Phi) is 5.79. The summed E-state index contributed by atoms with van der Waals surface area (Å²) in [7, 11) is 3.85. The Hall–Kier alpha value is -1.40. The van der Waals surface area contributed by atoms with E-state index in [1.54, 1.807) is 4.68 Å². The van der Waals surface area contributed by atoms with E-state index in [2.05, 4.69) is 5.10 Å². The SMILES string of the molecule is CN(Cc1cnn(C)c1)C[C@]1(O)CCCN(CC2CCCCC2)C1=O. The number of aromatic nitrogens is 2. The summed E-state index contributed by atoms with van der Waals surface area (Å²) in [5.74, 6) is 0.551. The number of aliphatic hydroxyl groups is 1. The van der Waals surface area contributed by atoms with Crippen molar-refractivity contribution in [3.8, 4) is 0 Å². The lowest BCUT2D eigenvalue weighted by molar-refractivity contribution is -0.160. The summed E-state index contributed by atoms with van der Waals surface area (Å²) in [6.07, 6.45) is 11.6. The molecule has 1 amide bonds. The highest BCUT2D eigenvalue weighted by Gasteiger charge is 2.43. The van der Waals surface area contributed by atoms with E-state index in [1.165, 1.54) is 32.1 Å². The number of nitrogens with zero attached hydrogens (tertiary/aromatic N) is 4. The van der Waals surface area contributed by atoms with Gasteiger partial charge in [0, 0.05) is 45.0 Å². The fraction of sp³-hybridized carbons (Fsp3) is 0.789. The predicted molar refractivity (Wildman–Crippen MR) is 96.9 cm³/mol. The Morgan fingerprint density at radius 2 is 2.08 bits per heavy atom. The van der Waals surface area contributed by atoms with Gasteiger partial charge in [0.15, 0.2) is 5.60 Å². The van der Waals surface area contributed by atoms with Crippen LogP contribution in [0, 0.1) is 5.92 Å². The van der Waals surface area contributed by atoms with Gasteiger partial charge in [-0.3, -0.25) is 14.4 Å². The summed E-state index contributed by atoms with van der Waals surface area (Å²) in [4.78, 5) is 16.9. The number of carbonyl (C=O) groups is 1. The molecule has 3 rings (SSSR count). The minimum absolute atomic E-state index is 0.0673. The van der Waals surface area contributed by atoms with Crippen molar-refractivity contribution in [2.75, 3.05) is 26.7 Å². The van der Waals surface area contributed by atoms with Crippen LogP contribution in [0.4, 0.5) is 0 Å². The molecule has 1 saturated carbocycles. The number of likely N-dealkylation sites (N-methyl/N-ethyl adjacent to an activating group) is 1. The maximum absolute atomic E-state index is 12.9. The van der Waals surface area contributed by atoms with Gasteiger partial charge in [-0.25, -0.2) is 0 Å². The fourth-order valence-electron chi connectivity index (χ4n) is 4.44. The van der Waals surface area contributed by atoms with Gasteiger partial charge in [0.25, 0.3) is 5.91 Å². The maximum atomic E-state index is 12.9. The van der Waals surface area contributed by atoms with Crippen molar-refractivity contribution in [3.05, 3.63) is 18.0 Å². The molecule has 1 aromatic rings. The lowest BCUT2D eigenvalue weighted by atomic mass is 9.86. The van der Waals surface area contributed by atoms with Gasteiger partial charge in [-0.1, -0.05) is 19.3 Å². The summed E-state index contributed by atoms with van der Waals surface area (Å²) < 4.78 is 1.77. The third-order valence-electron chi connectivity index (χ3n) is 5.65. The van der Waals surface area contributed by atoms with E-state index in [0.717, 1.165) is 25.1 Å². The first-order chi connectivity index (χ1) is 12.0. The minimum atomic E-state index is -1.25. The lowest BCUT2D eigenvalue weighted by Gasteiger charge is -2.41. The average molecular weight is 348 g/mol. The van der Waals surface area contributed by atoms with E-state index in [9.17, 15) is 9.90 Å². The Morgan fingerprint density at radius 1 is 1.32 bits per heavy atom. The number of likely N-dealkylation sites (tertiary alicyclic amines) is 1. The molecule has 1 aliphatic carbocycles. The molecule has 1 saturated heterocycles. The maximum Gasteiger partial charge on any atom is 0.255 e. The molecule has 6 heteroatoms. The van der Waals surface area contributed by atoms with E-state index < -0.39 is 5.60 Å². The molecule has 25 heavy (non-hydrogen) atoms. The van der Waals surface area contributed by atoms with Crippen LogP contribution in [-0.2, 0) is 18.4 Å². The Labute approximate surface area is 150 Å². The summed E-state index contributed by atoms with van der Waals surface area (Å²) in [6, 6.07) is 0. The largest absolute Gasteiger partial charge is 0.379 e. The Balaban J connectivity index is 1.57. The number of carbonyl (C=O) groups excluding carboxylic acids is 1. The molecule has 2 fully saturated rings. The third-order valence-corrected chi connectivity index (χ3v) is 5.65. The van der Waals surface area contributed by atoms with Crippen molar-refractivity contribution in [1.82, 2.24) is 19.6 Å². The number of aryl methyl sites for hydroxylation is 1. The number of amides is 1. The molecule has 0 bridgehead atoms. The average Bonchev–Trinajstić information content (AvgIpc) is 2.97. The molecule has 1 aromatic heterocycles. The van der Waals surface area contributed by atoms with Gasteiger partial charge in [-0.05, 0) is 38.6 Å². The van der Waals surface area contributed by atoms with E-state index in [1.807, 2.05) is 36.3 Å². The molecular formula is C19H32N4O2. The van der Waals surface area contributed by atoms with Gasteiger partial charge in [0.05, 0.1) is 6.20 Å². The molecule has 140 valence electrons. The van der Waals surface area contributed by atoms with Crippen LogP contribution in [0.2, 0.25) is 0 Å². The molecule has 6 nitrogen and oxygen atoms in total. The van der Waals surface area contributed by atoms with Crippen LogP contribution in [-0.4, -0.2) is 62.9 Å². The second kappa shape index (κ2) is 7.87. The predicted octanol–water partition coefficient (Wildman–Crippen LogP) is 1.79. The Morgan fingerprint density at radius 3 is 2.76 bits per heavy atom. The number of hydrogen-bond donors (Lipinski definition) is 1. The Bertz CT molecular complexity index is 582. The summed E-state index contributed by atoms with van der Waals surface area (Å²) >= 11 is 0. The number of rotatable bonds is 6. The number of piperidine rings is 1. The highest BCUT2D eigenvalue weighted by molar-refractivity contribution is 5.86. The van der Waals surface area contributed by atoms with Gasteiger partial charge in [0.2, 0.25) is 0 Å². The zero-order valence-corrected chi connectivity index (χ0v) is 15.7. The van der Waals surface area contributed by atoms with Gasteiger partial charge >= 0.3 is 0 Å². The van der Waals surface area contributed by atoms with Crippen molar-refractivity contribution < 1.29 is 9.90 Å². The zero-order valence-electron chi connectivity index (χ0n) is 15.7. The molecule has 1 aliphatic heterocycles. The molecule has 2 aliphatic rings. The van der Waals surface area contributed by atoms with Crippen LogP contribution in [0.1, 0.15) is 50.5 Å². The van der Waals surface area contributed by atoms with Crippen molar-refractivity contribution >= 4 is 5.91 Å². The van der Waals surface area contributed by atoms with E-state index in [0.29, 0.717) is 25.4 Å². The second-order valence-electron chi connectivity index (χ2n) is 8.08. The second-order valence-corrected chi connectivity index (χ2v) is 8.08. The van der Waals surface area contributed by atoms with Gasteiger partial charge in [-0.2, -0.15) is 5.10 Å². The highest BCUT2D eigenvalue weighted by atomic mass is 16.3. The first kappa shape index (κ1) is 18.4. The van der Waals surface area contributed by atoms with Crippen LogP contribution in [0.5, 0.6) is 0 Å². The summed E-state index contributed by atoms with van der Waals surface area (Å²) in [5, 5.41) is 15.2. The third kappa shape index (κ3) is 4.61. The quantitative estimate of drug-likeness (QED) is 0.851. The van der Waals surface area contributed by atoms with E-state index >= 15 is 0 Å². The van der Waals surface area contributed by atoms with Crippen LogP contribution in [0.3, 0.4) is 0 Å². The van der Waals surface area contributed by atoms with Gasteiger partial charge in [0.1, 0.15) is 0 Å². The molecular weight excluding hydrogens is 316 g/mol. The molecule has 2 heterocycles. The van der Waals surface area contributed by atoms with Crippen molar-refractivity contribution in [1.29, 1.82) is 0 Å². The molecule has 1 N–H and O–H groups in total. The summed E-state index contributed by atoms with van der Waals surface area (Å²) in [6.45, 7) is 2.69. The monoisotopic (exact) mass is 348 g/mol. The normalized spacial score (nSPS) is 25.8. The van der Waals surface area contributed by atoms with Crippen molar-refractivity contribution in [3.63, 3.8) is 0 Å². The van der Waals surface area contributed by atoms with Crippen LogP contribution in [0.15, 0.2) is 12.4 Å². The standard InChI is InChI=1S/C19H32N4O2/c1-21(12-17-11-20-22(2)13-17)15-19(25)9-6-10-23(18(19)24)14-16-7-4-3-5-8-16/h11,13,16,25H,3-10,12,14-15H2,1-2H3/t19-/m1/s1.